The Morgan fingerprint density at radius 3 is 1.90 bits per heavy atom. The molecule has 21 heavy (non-hydrogen) atoms. The maximum atomic E-state index is 11.5. The van der Waals surface area contributed by atoms with Crippen molar-refractivity contribution in [2.24, 2.45) is 0 Å². The van der Waals surface area contributed by atoms with Crippen LogP contribution in [0.2, 0.25) is 0 Å². The molecule has 0 spiro atoms. The lowest BCUT2D eigenvalue weighted by Gasteiger charge is -2.18. The van der Waals surface area contributed by atoms with E-state index >= 15 is 0 Å². The Bertz CT molecular complexity index is 587. The highest BCUT2D eigenvalue weighted by Crippen LogP contribution is 2.28. The van der Waals surface area contributed by atoms with E-state index in [1.54, 1.807) is 7.11 Å². The molecule has 0 N–H and O–H groups in total. The quantitative estimate of drug-likeness (QED) is 0.800. The molecule has 0 aromatic heterocycles. The van der Waals surface area contributed by atoms with Crippen molar-refractivity contribution in [3.8, 4) is 5.75 Å². The van der Waals surface area contributed by atoms with E-state index in [4.69, 9.17) is 9.47 Å². The Balaban J connectivity index is 2.34. The van der Waals surface area contributed by atoms with Crippen LogP contribution in [0.25, 0.3) is 0 Å². The van der Waals surface area contributed by atoms with E-state index in [1.807, 2.05) is 55.5 Å². The van der Waals surface area contributed by atoms with E-state index in [1.165, 1.54) is 7.11 Å². The molecule has 2 aromatic carbocycles. The summed E-state index contributed by atoms with van der Waals surface area (Å²) in [5.41, 5.74) is 2.88. The third-order valence-corrected chi connectivity index (χ3v) is 3.18. The summed E-state index contributed by atoms with van der Waals surface area (Å²) >= 11 is 0. The first-order valence-electron chi connectivity index (χ1n) is 6.59. The van der Waals surface area contributed by atoms with Crippen molar-refractivity contribution in [1.82, 2.24) is 0 Å². The van der Waals surface area contributed by atoms with Gasteiger partial charge in [0.1, 0.15) is 5.75 Å². The minimum Gasteiger partial charge on any atom is -0.497 e. The predicted octanol–water partition coefficient (Wildman–Crippen LogP) is 3.88. The number of carbonyl (C=O) groups excluding carboxylic acids is 1. The topological polar surface area (TPSA) is 44.8 Å². The lowest BCUT2D eigenvalue weighted by molar-refractivity contribution is 0.0498. The highest BCUT2D eigenvalue weighted by atomic mass is 16.7. The fourth-order valence-corrected chi connectivity index (χ4v) is 1.99. The summed E-state index contributed by atoms with van der Waals surface area (Å²) < 4.78 is 15.1. The van der Waals surface area contributed by atoms with Crippen LogP contribution in [0.15, 0.2) is 48.5 Å². The molecule has 0 saturated carbocycles. The molecule has 110 valence electrons. The molecule has 1 unspecified atom stereocenters. The summed E-state index contributed by atoms with van der Waals surface area (Å²) in [5, 5.41) is 0. The molecule has 4 nitrogen and oxygen atoms in total. The van der Waals surface area contributed by atoms with Gasteiger partial charge in [0.2, 0.25) is 0 Å². The van der Waals surface area contributed by atoms with Gasteiger partial charge in [0.25, 0.3) is 0 Å². The highest BCUT2D eigenvalue weighted by molar-refractivity contribution is 5.61. The summed E-state index contributed by atoms with van der Waals surface area (Å²) in [6.07, 6.45) is -1.22. The van der Waals surface area contributed by atoms with Gasteiger partial charge in [0, 0.05) is 0 Å². The van der Waals surface area contributed by atoms with Crippen LogP contribution in [-0.2, 0) is 9.47 Å². The largest absolute Gasteiger partial charge is 0.508 e. The van der Waals surface area contributed by atoms with Crippen LogP contribution in [0.3, 0.4) is 0 Å². The SMILES string of the molecule is COC(=O)OC(c1ccc(C)cc1)c1ccc(OC)cc1. The lowest BCUT2D eigenvalue weighted by atomic mass is 10.0. The summed E-state index contributed by atoms with van der Waals surface area (Å²) in [6, 6.07) is 15.2. The highest BCUT2D eigenvalue weighted by Gasteiger charge is 2.19. The van der Waals surface area contributed by atoms with Crippen LogP contribution in [0, 0.1) is 6.92 Å². The normalized spacial score (nSPS) is 11.6. The van der Waals surface area contributed by atoms with E-state index in [-0.39, 0.29) is 0 Å². The first-order valence-corrected chi connectivity index (χ1v) is 6.59. The number of carbonyl (C=O) groups is 1. The number of rotatable bonds is 4. The molecule has 2 aromatic rings. The standard InChI is InChI=1S/C17H18O4/c1-12-4-6-13(7-5-12)16(21-17(18)20-3)14-8-10-15(19-2)11-9-14/h4-11,16H,1-3H3. The van der Waals surface area contributed by atoms with E-state index in [0.717, 1.165) is 22.4 Å². The maximum Gasteiger partial charge on any atom is 0.508 e. The second-order valence-electron chi connectivity index (χ2n) is 4.64. The molecule has 0 amide bonds. The molecule has 0 saturated heterocycles. The van der Waals surface area contributed by atoms with Gasteiger partial charge in [-0.1, -0.05) is 42.0 Å². The Hall–Kier alpha value is -2.49. The fraction of sp³-hybridized carbons (Fsp3) is 0.235. The maximum absolute atomic E-state index is 11.5. The van der Waals surface area contributed by atoms with Crippen molar-refractivity contribution in [3.05, 3.63) is 65.2 Å². The van der Waals surface area contributed by atoms with Crippen LogP contribution < -0.4 is 4.74 Å². The number of benzene rings is 2. The van der Waals surface area contributed by atoms with Crippen molar-refractivity contribution in [3.63, 3.8) is 0 Å². The minimum absolute atomic E-state index is 0.510. The average molecular weight is 286 g/mol. The second-order valence-corrected chi connectivity index (χ2v) is 4.64. The van der Waals surface area contributed by atoms with E-state index in [9.17, 15) is 4.79 Å². The zero-order valence-electron chi connectivity index (χ0n) is 12.3. The molecular formula is C17H18O4. The van der Waals surface area contributed by atoms with Gasteiger partial charge in [0.05, 0.1) is 14.2 Å². The molecule has 0 aliphatic carbocycles. The first-order chi connectivity index (χ1) is 10.1. The van der Waals surface area contributed by atoms with Gasteiger partial charge in [-0.2, -0.15) is 0 Å². The smallest absolute Gasteiger partial charge is 0.497 e. The molecule has 0 aliphatic heterocycles. The molecule has 4 heteroatoms. The van der Waals surface area contributed by atoms with E-state index < -0.39 is 12.3 Å². The van der Waals surface area contributed by atoms with Gasteiger partial charge in [-0.3, -0.25) is 0 Å². The number of ether oxygens (including phenoxy) is 3. The molecule has 0 bridgehead atoms. The number of hydrogen-bond acceptors (Lipinski definition) is 4. The lowest BCUT2D eigenvalue weighted by Crippen LogP contribution is -2.12. The van der Waals surface area contributed by atoms with Gasteiger partial charge in [-0.05, 0) is 30.2 Å². The molecule has 0 radical (unpaired) electrons. The molecule has 2 rings (SSSR count). The molecule has 0 heterocycles. The van der Waals surface area contributed by atoms with Crippen molar-refractivity contribution in [2.75, 3.05) is 14.2 Å². The summed E-state index contributed by atoms with van der Waals surface area (Å²) in [7, 11) is 2.90. The van der Waals surface area contributed by atoms with Crippen LogP contribution in [0.1, 0.15) is 22.8 Å². The van der Waals surface area contributed by atoms with Crippen molar-refractivity contribution in [1.29, 1.82) is 0 Å². The Labute approximate surface area is 124 Å². The number of methoxy groups -OCH3 is 2. The van der Waals surface area contributed by atoms with Crippen molar-refractivity contribution < 1.29 is 19.0 Å². The van der Waals surface area contributed by atoms with Gasteiger partial charge in [-0.25, -0.2) is 4.79 Å². The van der Waals surface area contributed by atoms with Gasteiger partial charge in [0.15, 0.2) is 6.10 Å². The molecule has 0 aliphatic rings. The van der Waals surface area contributed by atoms with Gasteiger partial charge < -0.3 is 14.2 Å². The third-order valence-electron chi connectivity index (χ3n) is 3.18. The average Bonchev–Trinajstić information content (AvgIpc) is 2.53. The zero-order valence-corrected chi connectivity index (χ0v) is 12.3. The molecule has 0 fully saturated rings. The van der Waals surface area contributed by atoms with Crippen molar-refractivity contribution >= 4 is 6.16 Å². The molecular weight excluding hydrogens is 268 g/mol. The van der Waals surface area contributed by atoms with E-state index in [2.05, 4.69) is 4.74 Å². The van der Waals surface area contributed by atoms with E-state index in [0.29, 0.717) is 0 Å². The Morgan fingerprint density at radius 1 is 0.905 bits per heavy atom. The summed E-state index contributed by atoms with van der Waals surface area (Å²) in [5.74, 6) is 0.750. The summed E-state index contributed by atoms with van der Waals surface area (Å²) in [4.78, 5) is 11.5. The fourth-order valence-electron chi connectivity index (χ4n) is 1.99. The van der Waals surface area contributed by atoms with Crippen LogP contribution in [0.5, 0.6) is 5.75 Å². The second kappa shape index (κ2) is 6.79. The van der Waals surface area contributed by atoms with Crippen molar-refractivity contribution in [2.45, 2.75) is 13.0 Å². The Morgan fingerprint density at radius 2 is 1.43 bits per heavy atom. The summed E-state index contributed by atoms with van der Waals surface area (Å²) in [6.45, 7) is 2.01. The monoisotopic (exact) mass is 286 g/mol. The molecule has 1 atom stereocenters. The zero-order chi connectivity index (χ0) is 15.2. The number of hydrogen-bond donors (Lipinski definition) is 0. The number of aryl methyl sites for hydroxylation is 1. The predicted molar refractivity (Wildman–Crippen MR) is 79.5 cm³/mol. The van der Waals surface area contributed by atoms with Crippen LogP contribution in [-0.4, -0.2) is 20.4 Å². The van der Waals surface area contributed by atoms with Crippen LogP contribution >= 0.6 is 0 Å². The minimum atomic E-state index is -0.712. The van der Waals surface area contributed by atoms with Crippen LogP contribution in [0.4, 0.5) is 4.79 Å². The Kier molecular flexibility index (Phi) is 4.82. The van der Waals surface area contributed by atoms with Gasteiger partial charge >= 0.3 is 6.16 Å². The van der Waals surface area contributed by atoms with Gasteiger partial charge in [-0.15, -0.1) is 0 Å². The third kappa shape index (κ3) is 3.75. The first kappa shape index (κ1) is 14.9.